The maximum atomic E-state index is 11.9. The number of halogens is 2. The van der Waals surface area contributed by atoms with Crippen LogP contribution in [0.5, 0.6) is 0 Å². The van der Waals surface area contributed by atoms with Gasteiger partial charge in [-0.1, -0.05) is 0 Å². The van der Waals surface area contributed by atoms with Gasteiger partial charge in [-0.05, 0) is 56.5 Å². The molecule has 0 aromatic carbocycles. The average Bonchev–Trinajstić information content (AvgIpc) is 2.59. The van der Waals surface area contributed by atoms with E-state index < -0.39 is 0 Å². The Balaban J connectivity index is 2.17. The molecule has 2 aromatic rings. The maximum absolute atomic E-state index is 11.9. The van der Waals surface area contributed by atoms with Crippen molar-refractivity contribution in [2.75, 3.05) is 5.32 Å². The normalized spacial score (nSPS) is 10.3. The highest BCUT2D eigenvalue weighted by molar-refractivity contribution is 9.13. The number of nitrogens with one attached hydrogen (secondary N) is 1. The van der Waals surface area contributed by atoms with Crippen LogP contribution in [0.1, 0.15) is 15.2 Å². The minimum Gasteiger partial charge on any atom is -0.320 e. The quantitative estimate of drug-likeness (QED) is 0.853. The van der Waals surface area contributed by atoms with Crippen LogP contribution in [0.15, 0.2) is 32.8 Å². The molecule has 0 bridgehead atoms. The van der Waals surface area contributed by atoms with Crippen LogP contribution in [0, 0.1) is 6.92 Å². The molecule has 17 heavy (non-hydrogen) atoms. The second-order valence-electron chi connectivity index (χ2n) is 3.44. The lowest BCUT2D eigenvalue weighted by Gasteiger charge is -2.03. The van der Waals surface area contributed by atoms with Crippen LogP contribution < -0.4 is 5.32 Å². The summed E-state index contributed by atoms with van der Waals surface area (Å²) < 4.78 is 1.79. The van der Waals surface area contributed by atoms with Crippen LogP contribution >= 0.6 is 43.2 Å². The number of amides is 1. The third-order valence-corrected chi connectivity index (χ3v) is 5.26. The van der Waals surface area contributed by atoms with Crippen molar-refractivity contribution in [3.63, 3.8) is 0 Å². The number of thiophene rings is 1. The maximum Gasteiger partial charge on any atom is 0.265 e. The van der Waals surface area contributed by atoms with Gasteiger partial charge >= 0.3 is 0 Å². The molecule has 0 fully saturated rings. The van der Waals surface area contributed by atoms with E-state index in [-0.39, 0.29) is 5.91 Å². The molecule has 0 atom stereocenters. The second kappa shape index (κ2) is 5.29. The number of hydrogen-bond donors (Lipinski definition) is 1. The zero-order valence-electron chi connectivity index (χ0n) is 8.83. The summed E-state index contributed by atoms with van der Waals surface area (Å²) in [6, 6.07) is 3.66. The van der Waals surface area contributed by atoms with Gasteiger partial charge in [-0.25, -0.2) is 0 Å². The summed E-state index contributed by atoms with van der Waals surface area (Å²) in [6.45, 7) is 1.93. The van der Waals surface area contributed by atoms with E-state index in [0.717, 1.165) is 13.8 Å². The highest BCUT2D eigenvalue weighted by Crippen LogP contribution is 2.32. The van der Waals surface area contributed by atoms with E-state index in [1.165, 1.54) is 11.3 Å². The molecule has 0 unspecified atom stereocenters. The standard InChI is InChI=1S/C11H8Br2N2OS/c1-6-2-7(5-14-4-6)15-11(16)9-3-8(12)10(13)17-9/h2-5H,1H3,(H,15,16). The number of pyridine rings is 1. The number of nitrogens with zero attached hydrogens (tertiary/aromatic N) is 1. The topological polar surface area (TPSA) is 42.0 Å². The Morgan fingerprint density at radius 2 is 2.12 bits per heavy atom. The van der Waals surface area contributed by atoms with Gasteiger partial charge in [0.2, 0.25) is 0 Å². The first-order chi connectivity index (χ1) is 8.06. The molecular weight excluding hydrogens is 368 g/mol. The SMILES string of the molecule is Cc1cncc(NC(=O)c2cc(Br)c(Br)s2)c1. The largest absolute Gasteiger partial charge is 0.320 e. The van der Waals surface area contributed by atoms with Crippen molar-refractivity contribution >= 4 is 54.8 Å². The van der Waals surface area contributed by atoms with Crippen LogP contribution in [0.4, 0.5) is 5.69 Å². The molecule has 0 saturated heterocycles. The van der Waals surface area contributed by atoms with E-state index in [2.05, 4.69) is 42.2 Å². The van der Waals surface area contributed by atoms with Gasteiger partial charge in [0, 0.05) is 10.7 Å². The van der Waals surface area contributed by atoms with E-state index in [1.54, 1.807) is 18.5 Å². The molecule has 2 aromatic heterocycles. The van der Waals surface area contributed by atoms with Crippen molar-refractivity contribution in [2.24, 2.45) is 0 Å². The van der Waals surface area contributed by atoms with Gasteiger partial charge in [0.15, 0.2) is 0 Å². The molecule has 0 aliphatic rings. The fourth-order valence-corrected chi connectivity index (χ4v) is 3.21. The van der Waals surface area contributed by atoms with Gasteiger partial charge in [-0.2, -0.15) is 0 Å². The fraction of sp³-hybridized carbons (Fsp3) is 0.0909. The number of aryl methyl sites for hydroxylation is 1. The molecule has 3 nitrogen and oxygen atoms in total. The highest BCUT2D eigenvalue weighted by atomic mass is 79.9. The van der Waals surface area contributed by atoms with Crippen molar-refractivity contribution in [1.29, 1.82) is 0 Å². The van der Waals surface area contributed by atoms with E-state index in [0.29, 0.717) is 10.6 Å². The van der Waals surface area contributed by atoms with E-state index in [9.17, 15) is 4.79 Å². The number of anilines is 1. The molecule has 0 saturated carbocycles. The summed E-state index contributed by atoms with van der Waals surface area (Å²) >= 11 is 8.10. The summed E-state index contributed by atoms with van der Waals surface area (Å²) in [4.78, 5) is 16.6. The summed E-state index contributed by atoms with van der Waals surface area (Å²) in [5.74, 6) is -0.131. The van der Waals surface area contributed by atoms with Gasteiger partial charge < -0.3 is 5.32 Å². The van der Waals surface area contributed by atoms with Crippen LogP contribution in [0.3, 0.4) is 0 Å². The molecule has 1 amide bonds. The van der Waals surface area contributed by atoms with Gasteiger partial charge in [0.1, 0.15) is 0 Å². The molecule has 2 heterocycles. The Kier molecular flexibility index (Phi) is 3.96. The first-order valence-corrected chi connectivity index (χ1v) is 7.14. The zero-order chi connectivity index (χ0) is 12.4. The summed E-state index contributed by atoms with van der Waals surface area (Å²) in [6.07, 6.45) is 3.37. The molecule has 2 rings (SSSR count). The van der Waals surface area contributed by atoms with Crippen LogP contribution in [0.2, 0.25) is 0 Å². The van der Waals surface area contributed by atoms with E-state index in [1.807, 2.05) is 13.0 Å². The lowest BCUT2D eigenvalue weighted by atomic mass is 10.3. The number of aromatic nitrogens is 1. The molecule has 0 spiro atoms. The lowest BCUT2D eigenvalue weighted by molar-refractivity contribution is 0.103. The molecule has 6 heteroatoms. The molecule has 0 radical (unpaired) electrons. The monoisotopic (exact) mass is 374 g/mol. The smallest absolute Gasteiger partial charge is 0.265 e. The predicted molar refractivity (Wildman–Crippen MR) is 76.6 cm³/mol. The van der Waals surface area contributed by atoms with Gasteiger partial charge in [0.25, 0.3) is 5.91 Å². The Hall–Kier alpha value is -0.720. The van der Waals surface area contributed by atoms with E-state index in [4.69, 9.17) is 0 Å². The molecule has 0 aliphatic carbocycles. The van der Waals surface area contributed by atoms with E-state index >= 15 is 0 Å². The molecule has 88 valence electrons. The average molecular weight is 376 g/mol. The highest BCUT2D eigenvalue weighted by Gasteiger charge is 2.12. The number of carbonyl (C=O) groups excluding carboxylic acids is 1. The van der Waals surface area contributed by atoms with Gasteiger partial charge in [-0.3, -0.25) is 9.78 Å². The minimum atomic E-state index is -0.131. The fourth-order valence-electron chi connectivity index (χ4n) is 1.27. The lowest BCUT2D eigenvalue weighted by Crippen LogP contribution is -2.10. The summed E-state index contributed by atoms with van der Waals surface area (Å²) in [5.41, 5.74) is 1.71. The Labute approximate surface area is 120 Å². The van der Waals surface area contributed by atoms with Gasteiger partial charge in [0.05, 0.1) is 20.5 Å². The van der Waals surface area contributed by atoms with Crippen LogP contribution in [-0.4, -0.2) is 10.9 Å². The molecule has 0 aliphatic heterocycles. The van der Waals surface area contributed by atoms with Crippen molar-refractivity contribution in [2.45, 2.75) is 6.92 Å². The second-order valence-corrected chi connectivity index (χ2v) is 6.66. The number of rotatable bonds is 2. The first kappa shape index (κ1) is 12.7. The summed E-state index contributed by atoms with van der Waals surface area (Å²) in [5, 5.41) is 2.81. The number of carbonyl (C=O) groups is 1. The van der Waals surface area contributed by atoms with Gasteiger partial charge in [-0.15, -0.1) is 11.3 Å². The molecule has 1 N–H and O–H groups in total. The van der Waals surface area contributed by atoms with Crippen molar-refractivity contribution in [3.8, 4) is 0 Å². The van der Waals surface area contributed by atoms with Crippen LogP contribution in [-0.2, 0) is 0 Å². The third-order valence-electron chi connectivity index (χ3n) is 2.00. The first-order valence-electron chi connectivity index (χ1n) is 4.74. The zero-order valence-corrected chi connectivity index (χ0v) is 12.8. The van der Waals surface area contributed by atoms with Crippen molar-refractivity contribution < 1.29 is 4.79 Å². The van der Waals surface area contributed by atoms with Crippen molar-refractivity contribution in [3.05, 3.63) is 43.2 Å². The Morgan fingerprint density at radius 1 is 1.35 bits per heavy atom. The predicted octanol–water partition coefficient (Wildman–Crippen LogP) is 4.23. The molecular formula is C11H8Br2N2OS. The van der Waals surface area contributed by atoms with Crippen LogP contribution in [0.25, 0.3) is 0 Å². The Bertz CT molecular complexity index is 549. The Morgan fingerprint density at radius 3 is 2.71 bits per heavy atom. The summed E-state index contributed by atoms with van der Waals surface area (Å²) in [7, 11) is 0. The van der Waals surface area contributed by atoms with Crippen molar-refractivity contribution in [1.82, 2.24) is 4.98 Å². The minimum absolute atomic E-state index is 0.131. The third kappa shape index (κ3) is 3.14. The number of hydrogen-bond acceptors (Lipinski definition) is 3.